The van der Waals surface area contributed by atoms with Crippen LogP contribution in [-0.4, -0.2) is 13.1 Å². The Morgan fingerprint density at radius 3 is 2.48 bits per heavy atom. The van der Waals surface area contributed by atoms with Crippen molar-refractivity contribution in [2.24, 2.45) is 11.3 Å². The minimum absolute atomic E-state index is 0.194. The second-order valence-corrected chi connectivity index (χ2v) is 6.58. The molecule has 4 nitrogen and oxygen atoms in total. The van der Waals surface area contributed by atoms with Crippen LogP contribution in [0.5, 0.6) is 5.75 Å². The topological polar surface area (TPSA) is 44.8 Å². The minimum Gasteiger partial charge on any atom is -0.497 e. The molecule has 0 saturated heterocycles. The lowest BCUT2D eigenvalue weighted by Crippen LogP contribution is -2.28. The summed E-state index contributed by atoms with van der Waals surface area (Å²) in [6, 6.07) is 6.75. The summed E-state index contributed by atoms with van der Waals surface area (Å²) < 4.78 is 5.05. The molecular formula is C17H23O4. The molecule has 1 aliphatic rings. The van der Waals surface area contributed by atoms with Gasteiger partial charge in [0.1, 0.15) is 11.9 Å². The molecule has 4 heteroatoms. The second-order valence-electron chi connectivity index (χ2n) is 6.58. The quantitative estimate of drug-likeness (QED) is 0.617. The summed E-state index contributed by atoms with van der Waals surface area (Å²) in [5, 5.41) is 0. The normalized spacial score (nSPS) is 21.8. The molecule has 1 fully saturated rings. The van der Waals surface area contributed by atoms with E-state index in [4.69, 9.17) is 14.5 Å². The van der Waals surface area contributed by atoms with E-state index in [0.717, 1.165) is 25.4 Å². The van der Waals surface area contributed by atoms with Crippen molar-refractivity contribution in [3.05, 3.63) is 35.9 Å². The Kier molecular flexibility index (Phi) is 4.88. The van der Waals surface area contributed by atoms with E-state index in [1.165, 1.54) is 0 Å². The van der Waals surface area contributed by atoms with Crippen molar-refractivity contribution in [2.45, 2.75) is 40.0 Å². The van der Waals surface area contributed by atoms with Crippen molar-refractivity contribution in [1.29, 1.82) is 0 Å². The Hall–Kier alpha value is -1.55. The van der Waals surface area contributed by atoms with Gasteiger partial charge < -0.3 is 4.74 Å². The molecule has 1 unspecified atom stereocenters. The zero-order chi connectivity index (χ0) is 15.5. The van der Waals surface area contributed by atoms with Gasteiger partial charge in [0.2, 0.25) is 0 Å². The lowest BCUT2D eigenvalue weighted by Gasteiger charge is -2.36. The molecule has 1 aliphatic carbocycles. The van der Waals surface area contributed by atoms with Crippen LogP contribution in [0.2, 0.25) is 0 Å². The van der Waals surface area contributed by atoms with E-state index < -0.39 is 5.97 Å². The maximum Gasteiger partial charge on any atom is 0.373 e. The monoisotopic (exact) mass is 291 g/mol. The van der Waals surface area contributed by atoms with Crippen molar-refractivity contribution < 1.29 is 19.3 Å². The van der Waals surface area contributed by atoms with Crippen LogP contribution in [-0.2, 0) is 9.78 Å². The van der Waals surface area contributed by atoms with Crippen molar-refractivity contribution in [3.8, 4) is 5.75 Å². The molecule has 115 valence electrons. The number of ether oxygens (including phenoxy) is 1. The summed E-state index contributed by atoms with van der Waals surface area (Å²) in [7, 11) is 1.58. The molecule has 0 aliphatic heterocycles. The second kappa shape index (κ2) is 6.48. The number of hydrogen-bond acceptors (Lipinski definition) is 4. The SMILES string of the molecule is COc1ccc(C(=O)OO[C]2CC(C)CC(C)(C)C2)cc1. The fourth-order valence-corrected chi connectivity index (χ4v) is 3.02. The summed E-state index contributed by atoms with van der Waals surface area (Å²) in [4.78, 5) is 22.2. The van der Waals surface area contributed by atoms with Gasteiger partial charge in [0, 0.05) is 0 Å². The Morgan fingerprint density at radius 2 is 1.90 bits per heavy atom. The van der Waals surface area contributed by atoms with Crippen molar-refractivity contribution in [3.63, 3.8) is 0 Å². The highest BCUT2D eigenvalue weighted by atomic mass is 17.2. The van der Waals surface area contributed by atoms with Crippen LogP contribution in [0.3, 0.4) is 0 Å². The van der Waals surface area contributed by atoms with E-state index in [1.807, 2.05) is 0 Å². The molecule has 2 rings (SSSR count). The number of rotatable bonds is 4. The van der Waals surface area contributed by atoms with E-state index in [0.29, 0.717) is 17.2 Å². The van der Waals surface area contributed by atoms with Crippen LogP contribution in [0.15, 0.2) is 24.3 Å². The van der Waals surface area contributed by atoms with Gasteiger partial charge in [-0.25, -0.2) is 4.79 Å². The molecule has 1 saturated carbocycles. The first-order chi connectivity index (χ1) is 9.89. The first kappa shape index (κ1) is 15.8. The van der Waals surface area contributed by atoms with Crippen LogP contribution in [0.1, 0.15) is 50.4 Å². The maximum absolute atomic E-state index is 11.9. The highest BCUT2D eigenvalue weighted by molar-refractivity contribution is 5.89. The molecule has 0 aromatic heterocycles. The number of carbonyl (C=O) groups is 1. The highest BCUT2D eigenvalue weighted by Gasteiger charge is 2.34. The van der Waals surface area contributed by atoms with Crippen LogP contribution in [0, 0.1) is 17.4 Å². The predicted octanol–water partition coefficient (Wildman–Crippen LogP) is 4.16. The van der Waals surface area contributed by atoms with Gasteiger partial charge in [-0.05, 0) is 54.9 Å². The van der Waals surface area contributed by atoms with E-state index in [1.54, 1.807) is 31.4 Å². The molecule has 21 heavy (non-hydrogen) atoms. The average Bonchev–Trinajstić information content (AvgIpc) is 2.43. The van der Waals surface area contributed by atoms with Gasteiger partial charge in [-0.1, -0.05) is 20.8 Å². The standard InChI is InChI=1S/C17H23O4/c1-12-9-15(11-17(2,3)10-12)20-21-16(18)13-5-7-14(19-4)8-6-13/h5-8,12H,9-11H2,1-4H3. The van der Waals surface area contributed by atoms with Crippen LogP contribution in [0.25, 0.3) is 0 Å². The maximum atomic E-state index is 11.9. The fourth-order valence-electron chi connectivity index (χ4n) is 3.02. The Labute approximate surface area is 126 Å². The van der Waals surface area contributed by atoms with E-state index in [9.17, 15) is 4.79 Å². The van der Waals surface area contributed by atoms with Gasteiger partial charge >= 0.3 is 5.97 Å². The number of carbonyl (C=O) groups excluding carboxylic acids is 1. The highest BCUT2D eigenvalue weighted by Crippen LogP contribution is 2.43. The third-order valence-corrected chi connectivity index (χ3v) is 3.71. The third-order valence-electron chi connectivity index (χ3n) is 3.71. The third kappa shape index (κ3) is 4.46. The molecule has 0 bridgehead atoms. The summed E-state index contributed by atoms with van der Waals surface area (Å²) in [5.74, 6) is 0.759. The van der Waals surface area contributed by atoms with Gasteiger partial charge in [0.25, 0.3) is 0 Å². The van der Waals surface area contributed by atoms with Gasteiger partial charge in [-0.2, -0.15) is 4.89 Å². The number of benzene rings is 1. The molecular weight excluding hydrogens is 268 g/mol. The van der Waals surface area contributed by atoms with Crippen LogP contribution >= 0.6 is 0 Å². The number of hydrogen-bond donors (Lipinski definition) is 0. The summed E-state index contributed by atoms with van der Waals surface area (Å²) >= 11 is 0. The zero-order valence-electron chi connectivity index (χ0n) is 13.1. The van der Waals surface area contributed by atoms with Crippen molar-refractivity contribution >= 4 is 5.97 Å². The number of methoxy groups -OCH3 is 1. The van der Waals surface area contributed by atoms with Crippen LogP contribution < -0.4 is 4.74 Å². The van der Waals surface area contributed by atoms with Gasteiger partial charge in [0.15, 0.2) is 0 Å². The molecule has 1 aromatic rings. The van der Waals surface area contributed by atoms with E-state index in [2.05, 4.69) is 20.8 Å². The zero-order valence-corrected chi connectivity index (χ0v) is 13.1. The molecule has 1 atom stereocenters. The van der Waals surface area contributed by atoms with Crippen molar-refractivity contribution in [2.75, 3.05) is 7.11 Å². The van der Waals surface area contributed by atoms with E-state index >= 15 is 0 Å². The van der Waals surface area contributed by atoms with Gasteiger partial charge in [-0.3, -0.25) is 4.89 Å². The predicted molar refractivity (Wildman–Crippen MR) is 79.5 cm³/mol. The first-order valence-corrected chi connectivity index (χ1v) is 7.27. The first-order valence-electron chi connectivity index (χ1n) is 7.27. The molecule has 1 radical (unpaired) electrons. The Morgan fingerprint density at radius 1 is 1.24 bits per heavy atom. The molecule has 0 spiro atoms. The molecule has 0 amide bonds. The van der Waals surface area contributed by atoms with Crippen LogP contribution in [0.4, 0.5) is 0 Å². The Bertz CT molecular complexity index is 478. The smallest absolute Gasteiger partial charge is 0.373 e. The van der Waals surface area contributed by atoms with Crippen molar-refractivity contribution in [1.82, 2.24) is 0 Å². The summed E-state index contributed by atoms with van der Waals surface area (Å²) in [6.07, 6.45) is 3.68. The van der Waals surface area contributed by atoms with E-state index in [-0.39, 0.29) is 5.41 Å². The van der Waals surface area contributed by atoms with Gasteiger partial charge in [0.05, 0.1) is 12.7 Å². The molecule has 1 aromatic carbocycles. The van der Waals surface area contributed by atoms with Gasteiger partial charge in [-0.15, -0.1) is 0 Å². The molecule has 0 N–H and O–H groups in total. The molecule has 0 heterocycles. The average molecular weight is 291 g/mol. The summed E-state index contributed by atoms with van der Waals surface area (Å²) in [5.41, 5.74) is 0.638. The lowest BCUT2D eigenvalue weighted by molar-refractivity contribution is -0.245. The summed E-state index contributed by atoms with van der Waals surface area (Å²) in [6.45, 7) is 6.60. The largest absolute Gasteiger partial charge is 0.497 e. The fraction of sp³-hybridized carbons (Fsp3) is 0.529. The lowest BCUT2D eigenvalue weighted by atomic mass is 9.71. The minimum atomic E-state index is -0.485. The Balaban J connectivity index is 1.88.